The van der Waals surface area contributed by atoms with Crippen molar-refractivity contribution in [3.63, 3.8) is 0 Å². The molecule has 1 atom stereocenters. The number of sulfonamides is 1. The van der Waals surface area contributed by atoms with E-state index in [0.29, 0.717) is 41.3 Å². The highest BCUT2D eigenvalue weighted by Gasteiger charge is 2.37. The van der Waals surface area contributed by atoms with E-state index in [9.17, 15) is 13.5 Å². The Balaban J connectivity index is 1.57. The van der Waals surface area contributed by atoms with Crippen LogP contribution in [0.3, 0.4) is 0 Å². The highest BCUT2D eigenvalue weighted by Crippen LogP contribution is 2.30. The fourth-order valence-electron chi connectivity index (χ4n) is 4.20. The highest BCUT2D eigenvalue weighted by atomic mass is 32.2. The van der Waals surface area contributed by atoms with Crippen molar-refractivity contribution in [2.45, 2.75) is 49.0 Å². The van der Waals surface area contributed by atoms with Crippen LogP contribution in [0.5, 0.6) is 0 Å². The van der Waals surface area contributed by atoms with Crippen molar-refractivity contribution in [3.05, 3.63) is 35.5 Å². The molecule has 0 aromatic carbocycles. The zero-order valence-electron chi connectivity index (χ0n) is 18.0. The van der Waals surface area contributed by atoms with E-state index in [2.05, 4.69) is 14.9 Å². The first-order chi connectivity index (χ1) is 14.7. The van der Waals surface area contributed by atoms with E-state index in [1.54, 1.807) is 48.1 Å². The maximum Gasteiger partial charge on any atom is 0.252 e. The number of piperazine rings is 1. The lowest BCUT2D eigenvalue weighted by Crippen LogP contribution is -2.56. The normalized spacial score (nSPS) is 22.0. The predicted molar refractivity (Wildman–Crippen MR) is 120 cm³/mol. The molecule has 10 heteroatoms. The van der Waals surface area contributed by atoms with Crippen molar-refractivity contribution in [2.75, 3.05) is 37.7 Å². The van der Waals surface area contributed by atoms with Gasteiger partial charge in [0.15, 0.2) is 0 Å². The summed E-state index contributed by atoms with van der Waals surface area (Å²) in [6, 6.07) is 3.42. The molecule has 8 nitrogen and oxygen atoms in total. The standard InChI is InChI=1S/C21H30N4O4S2/c1-21(2,26)17-13-22-20(23-14-17)25-8-7-24(31(27,28)19-4-3-11-30-19)15-18(25)12-16-5-9-29-10-6-16/h3-4,11,13-14,16,18,26H,5-10,12,15H2,1-2H3/t18-/m0/s1. The molecule has 0 bridgehead atoms. The van der Waals surface area contributed by atoms with E-state index in [0.717, 1.165) is 32.5 Å². The number of hydrogen-bond acceptors (Lipinski definition) is 8. The Kier molecular flexibility index (Phi) is 6.64. The first-order valence-electron chi connectivity index (χ1n) is 10.7. The molecule has 2 aromatic heterocycles. The Labute approximate surface area is 187 Å². The van der Waals surface area contributed by atoms with Crippen molar-refractivity contribution in [2.24, 2.45) is 5.92 Å². The number of anilines is 1. The third kappa shape index (κ3) is 5.09. The van der Waals surface area contributed by atoms with Gasteiger partial charge in [-0.3, -0.25) is 0 Å². The molecule has 0 amide bonds. The molecule has 2 fully saturated rings. The van der Waals surface area contributed by atoms with Gasteiger partial charge in [0.1, 0.15) is 4.21 Å². The van der Waals surface area contributed by atoms with Gasteiger partial charge in [-0.1, -0.05) is 6.07 Å². The van der Waals surface area contributed by atoms with Crippen molar-refractivity contribution in [3.8, 4) is 0 Å². The third-order valence-electron chi connectivity index (χ3n) is 6.08. The molecule has 0 unspecified atom stereocenters. The topological polar surface area (TPSA) is 95.9 Å². The molecule has 2 aliphatic heterocycles. The molecular weight excluding hydrogens is 436 g/mol. The van der Waals surface area contributed by atoms with Crippen molar-refractivity contribution in [1.29, 1.82) is 0 Å². The van der Waals surface area contributed by atoms with Crippen LogP contribution in [0.25, 0.3) is 0 Å². The van der Waals surface area contributed by atoms with Gasteiger partial charge in [-0.15, -0.1) is 11.3 Å². The van der Waals surface area contributed by atoms with E-state index in [4.69, 9.17) is 4.74 Å². The van der Waals surface area contributed by atoms with E-state index in [1.165, 1.54) is 11.3 Å². The van der Waals surface area contributed by atoms with E-state index in [-0.39, 0.29) is 6.04 Å². The highest BCUT2D eigenvalue weighted by molar-refractivity contribution is 7.91. The Morgan fingerprint density at radius 3 is 2.55 bits per heavy atom. The van der Waals surface area contributed by atoms with Crippen LogP contribution in [0.1, 0.15) is 38.7 Å². The van der Waals surface area contributed by atoms with Gasteiger partial charge < -0.3 is 14.7 Å². The molecule has 2 saturated heterocycles. The number of aromatic nitrogens is 2. The van der Waals surface area contributed by atoms with Crippen LogP contribution in [0.2, 0.25) is 0 Å². The molecular formula is C21H30N4O4S2. The maximum atomic E-state index is 13.1. The maximum absolute atomic E-state index is 13.1. The predicted octanol–water partition coefficient (Wildman–Crippen LogP) is 2.46. The second kappa shape index (κ2) is 9.11. The average molecular weight is 467 g/mol. The Bertz CT molecular complexity index is 952. The average Bonchev–Trinajstić information content (AvgIpc) is 3.30. The summed E-state index contributed by atoms with van der Waals surface area (Å²) in [5.74, 6) is 1.07. The van der Waals surface area contributed by atoms with Crippen LogP contribution in [0, 0.1) is 5.92 Å². The van der Waals surface area contributed by atoms with E-state index < -0.39 is 15.6 Å². The number of hydrogen-bond donors (Lipinski definition) is 1. The van der Waals surface area contributed by atoms with Gasteiger partial charge in [-0.2, -0.15) is 4.31 Å². The lowest BCUT2D eigenvalue weighted by molar-refractivity contribution is 0.0601. The zero-order chi connectivity index (χ0) is 22.1. The lowest BCUT2D eigenvalue weighted by atomic mass is 9.91. The first kappa shape index (κ1) is 22.6. The summed E-state index contributed by atoms with van der Waals surface area (Å²) in [6.45, 7) is 6.24. The van der Waals surface area contributed by atoms with Crippen LogP contribution in [-0.4, -0.2) is 66.7 Å². The Hall–Kier alpha value is -1.59. The minimum Gasteiger partial charge on any atom is -0.386 e. The molecule has 0 aliphatic carbocycles. The molecule has 2 aliphatic rings. The van der Waals surface area contributed by atoms with Gasteiger partial charge in [0, 0.05) is 56.8 Å². The summed E-state index contributed by atoms with van der Waals surface area (Å²) in [6.07, 6.45) is 6.16. The SMILES string of the molecule is CC(C)(O)c1cnc(N2CCN(S(=O)(=O)c3cccs3)C[C@@H]2CC2CCOCC2)nc1. The summed E-state index contributed by atoms with van der Waals surface area (Å²) in [4.78, 5) is 11.2. The van der Waals surface area contributed by atoms with Gasteiger partial charge in [-0.25, -0.2) is 18.4 Å². The van der Waals surface area contributed by atoms with Crippen molar-refractivity contribution >= 4 is 27.3 Å². The van der Waals surface area contributed by atoms with E-state index in [1.807, 2.05) is 0 Å². The van der Waals surface area contributed by atoms with Crippen LogP contribution >= 0.6 is 11.3 Å². The minimum absolute atomic E-state index is 0.0143. The first-order valence-corrected chi connectivity index (χ1v) is 13.0. The van der Waals surface area contributed by atoms with Crippen LogP contribution in [0.15, 0.2) is 34.1 Å². The molecule has 0 spiro atoms. The van der Waals surface area contributed by atoms with Gasteiger partial charge in [-0.05, 0) is 50.5 Å². The number of ether oxygens (including phenoxy) is 1. The fourth-order valence-corrected chi connectivity index (χ4v) is 6.81. The zero-order valence-corrected chi connectivity index (χ0v) is 19.6. The fraction of sp³-hybridized carbons (Fsp3) is 0.619. The molecule has 1 N–H and O–H groups in total. The van der Waals surface area contributed by atoms with E-state index >= 15 is 0 Å². The van der Waals surface area contributed by atoms with Crippen LogP contribution in [0.4, 0.5) is 5.95 Å². The molecule has 0 saturated carbocycles. The quantitative estimate of drug-likeness (QED) is 0.699. The number of thiophene rings is 1. The Morgan fingerprint density at radius 2 is 1.94 bits per heavy atom. The van der Waals surface area contributed by atoms with Crippen molar-refractivity contribution in [1.82, 2.24) is 14.3 Å². The number of nitrogens with zero attached hydrogens (tertiary/aromatic N) is 4. The molecule has 2 aromatic rings. The molecule has 4 heterocycles. The molecule has 170 valence electrons. The lowest BCUT2D eigenvalue weighted by Gasteiger charge is -2.42. The minimum atomic E-state index is -3.50. The summed E-state index contributed by atoms with van der Waals surface area (Å²) in [7, 11) is -3.50. The second-order valence-corrected chi connectivity index (χ2v) is 11.9. The summed E-state index contributed by atoms with van der Waals surface area (Å²) >= 11 is 1.25. The van der Waals surface area contributed by atoms with Gasteiger partial charge in [0.05, 0.1) is 5.60 Å². The largest absolute Gasteiger partial charge is 0.386 e. The number of aliphatic hydroxyl groups is 1. The summed E-state index contributed by atoms with van der Waals surface area (Å²) in [5.41, 5.74) is -0.357. The van der Waals surface area contributed by atoms with Crippen LogP contribution < -0.4 is 4.90 Å². The summed E-state index contributed by atoms with van der Waals surface area (Å²) in [5, 5.41) is 12.0. The van der Waals surface area contributed by atoms with Crippen LogP contribution in [-0.2, 0) is 20.4 Å². The van der Waals surface area contributed by atoms with Crippen molar-refractivity contribution < 1.29 is 18.3 Å². The summed E-state index contributed by atoms with van der Waals surface area (Å²) < 4.78 is 33.7. The van der Waals surface area contributed by atoms with Gasteiger partial charge in [0.2, 0.25) is 5.95 Å². The number of rotatable bonds is 6. The Morgan fingerprint density at radius 1 is 1.23 bits per heavy atom. The van der Waals surface area contributed by atoms with Gasteiger partial charge >= 0.3 is 0 Å². The molecule has 0 radical (unpaired) electrons. The van der Waals surface area contributed by atoms with Gasteiger partial charge in [0.25, 0.3) is 10.0 Å². The molecule has 31 heavy (non-hydrogen) atoms. The monoisotopic (exact) mass is 466 g/mol. The molecule has 4 rings (SSSR count). The smallest absolute Gasteiger partial charge is 0.252 e. The third-order valence-corrected chi connectivity index (χ3v) is 9.32. The second-order valence-electron chi connectivity index (χ2n) is 8.76.